The molecule has 3 aromatic rings. The maximum absolute atomic E-state index is 12.1. The van der Waals surface area contributed by atoms with Crippen LogP contribution >= 0.6 is 11.3 Å². The fourth-order valence-corrected chi connectivity index (χ4v) is 4.03. The van der Waals surface area contributed by atoms with Crippen molar-refractivity contribution >= 4 is 22.9 Å². The van der Waals surface area contributed by atoms with Gasteiger partial charge in [-0.05, 0) is 23.1 Å². The standard InChI is InChI=1S/C20H17NO2S/c22-19-12-16(20-17(21-19)10-11-24-20)15-8-4-5-9-18(15)23-13-14-6-2-1-3-7-14/h1-11,16H,12-13H2,(H,21,22)/t16-/m1/s1. The number of ether oxygens (including phenoxy) is 1. The van der Waals surface area contributed by atoms with Gasteiger partial charge in [-0.2, -0.15) is 0 Å². The first kappa shape index (κ1) is 15.0. The summed E-state index contributed by atoms with van der Waals surface area (Å²) >= 11 is 1.68. The molecule has 1 N–H and O–H groups in total. The minimum Gasteiger partial charge on any atom is -0.489 e. The lowest BCUT2D eigenvalue weighted by Crippen LogP contribution is -2.22. The molecule has 2 aromatic carbocycles. The van der Waals surface area contributed by atoms with Gasteiger partial charge in [0.15, 0.2) is 0 Å². The molecule has 0 aliphatic carbocycles. The van der Waals surface area contributed by atoms with Crippen LogP contribution in [0.5, 0.6) is 5.75 Å². The Morgan fingerprint density at radius 3 is 2.71 bits per heavy atom. The maximum atomic E-state index is 12.1. The van der Waals surface area contributed by atoms with Crippen LogP contribution in [-0.4, -0.2) is 5.91 Å². The number of carbonyl (C=O) groups is 1. The molecule has 0 bridgehead atoms. The van der Waals surface area contributed by atoms with Crippen LogP contribution in [0.2, 0.25) is 0 Å². The summed E-state index contributed by atoms with van der Waals surface area (Å²) in [5.41, 5.74) is 3.14. The van der Waals surface area contributed by atoms with Crippen LogP contribution in [0.15, 0.2) is 66.0 Å². The van der Waals surface area contributed by atoms with Crippen LogP contribution in [0, 0.1) is 0 Å². The molecule has 0 radical (unpaired) electrons. The Bertz CT molecular complexity index is 857. The lowest BCUT2D eigenvalue weighted by atomic mass is 9.90. The molecule has 1 amide bonds. The Kier molecular flexibility index (Phi) is 4.05. The normalized spacial score (nSPS) is 16.3. The van der Waals surface area contributed by atoms with Gasteiger partial charge in [-0.1, -0.05) is 48.5 Å². The summed E-state index contributed by atoms with van der Waals surface area (Å²) in [6.45, 7) is 0.522. The molecule has 0 saturated carbocycles. The van der Waals surface area contributed by atoms with Crippen molar-refractivity contribution in [3.63, 3.8) is 0 Å². The monoisotopic (exact) mass is 335 g/mol. The highest BCUT2D eigenvalue weighted by molar-refractivity contribution is 7.10. The van der Waals surface area contributed by atoms with E-state index in [-0.39, 0.29) is 11.8 Å². The predicted molar refractivity (Wildman–Crippen MR) is 96.6 cm³/mol. The molecule has 3 nitrogen and oxygen atoms in total. The van der Waals surface area contributed by atoms with Gasteiger partial charge in [0.05, 0.1) is 5.69 Å². The van der Waals surface area contributed by atoms with E-state index in [4.69, 9.17) is 4.74 Å². The smallest absolute Gasteiger partial charge is 0.225 e. The van der Waals surface area contributed by atoms with Gasteiger partial charge in [-0.25, -0.2) is 0 Å². The van der Waals surface area contributed by atoms with E-state index in [1.807, 2.05) is 60.0 Å². The first-order chi connectivity index (χ1) is 11.8. The van der Waals surface area contributed by atoms with Crippen molar-refractivity contribution < 1.29 is 9.53 Å². The van der Waals surface area contributed by atoms with Crippen molar-refractivity contribution in [1.82, 2.24) is 0 Å². The van der Waals surface area contributed by atoms with E-state index in [2.05, 4.69) is 11.4 Å². The number of fused-ring (bicyclic) bond motifs is 1. The SMILES string of the molecule is O=C1C[C@H](c2ccccc2OCc2ccccc2)c2sccc2N1. The van der Waals surface area contributed by atoms with Crippen LogP contribution < -0.4 is 10.1 Å². The van der Waals surface area contributed by atoms with Crippen molar-refractivity contribution in [1.29, 1.82) is 0 Å². The van der Waals surface area contributed by atoms with Crippen LogP contribution in [-0.2, 0) is 11.4 Å². The van der Waals surface area contributed by atoms with E-state index in [0.29, 0.717) is 13.0 Å². The predicted octanol–water partition coefficient (Wildman–Crippen LogP) is 4.80. The zero-order valence-electron chi connectivity index (χ0n) is 13.1. The quantitative estimate of drug-likeness (QED) is 0.743. The number of hydrogen-bond acceptors (Lipinski definition) is 3. The lowest BCUT2D eigenvalue weighted by molar-refractivity contribution is -0.116. The highest BCUT2D eigenvalue weighted by atomic mass is 32.1. The number of thiophene rings is 1. The van der Waals surface area contributed by atoms with Crippen LogP contribution in [0.4, 0.5) is 5.69 Å². The van der Waals surface area contributed by atoms with Crippen molar-refractivity contribution in [2.45, 2.75) is 18.9 Å². The average Bonchev–Trinajstić information content (AvgIpc) is 3.09. The maximum Gasteiger partial charge on any atom is 0.225 e. The first-order valence-corrected chi connectivity index (χ1v) is 8.82. The number of para-hydroxylation sites is 1. The Morgan fingerprint density at radius 2 is 1.83 bits per heavy atom. The van der Waals surface area contributed by atoms with Crippen molar-refractivity contribution in [3.05, 3.63) is 82.0 Å². The lowest BCUT2D eigenvalue weighted by Gasteiger charge is -2.24. The number of hydrogen-bond donors (Lipinski definition) is 1. The fourth-order valence-electron chi connectivity index (χ4n) is 3.06. The van der Waals surface area contributed by atoms with E-state index in [9.17, 15) is 4.79 Å². The number of amides is 1. The van der Waals surface area contributed by atoms with Gasteiger partial charge in [-0.3, -0.25) is 4.79 Å². The Balaban J connectivity index is 1.64. The largest absolute Gasteiger partial charge is 0.489 e. The second-order valence-corrected chi connectivity index (χ2v) is 6.76. The van der Waals surface area contributed by atoms with E-state index < -0.39 is 0 Å². The molecule has 2 heterocycles. The molecule has 4 heteroatoms. The van der Waals surface area contributed by atoms with Crippen molar-refractivity contribution in [2.75, 3.05) is 5.32 Å². The number of benzene rings is 2. The summed E-state index contributed by atoms with van der Waals surface area (Å²) in [5, 5.41) is 4.97. The molecule has 0 unspecified atom stereocenters. The first-order valence-electron chi connectivity index (χ1n) is 7.94. The summed E-state index contributed by atoms with van der Waals surface area (Å²) in [4.78, 5) is 13.3. The summed E-state index contributed by atoms with van der Waals surface area (Å²) in [6, 6.07) is 20.1. The summed E-state index contributed by atoms with van der Waals surface area (Å²) in [5.74, 6) is 0.963. The molecule has 1 atom stereocenters. The Labute approximate surface area is 144 Å². The third kappa shape index (κ3) is 2.93. The number of anilines is 1. The van der Waals surface area contributed by atoms with Gasteiger partial charge in [0.1, 0.15) is 12.4 Å². The number of rotatable bonds is 4. The molecule has 0 fully saturated rings. The van der Waals surface area contributed by atoms with Crippen LogP contribution in [0.25, 0.3) is 0 Å². The summed E-state index contributed by atoms with van der Waals surface area (Å²) < 4.78 is 6.08. The van der Waals surface area contributed by atoms with Crippen molar-refractivity contribution in [2.24, 2.45) is 0 Å². The summed E-state index contributed by atoms with van der Waals surface area (Å²) in [6.07, 6.45) is 0.458. The van der Waals surface area contributed by atoms with Gasteiger partial charge >= 0.3 is 0 Å². The van der Waals surface area contributed by atoms with Gasteiger partial charge < -0.3 is 10.1 Å². The van der Waals surface area contributed by atoms with E-state index in [1.54, 1.807) is 11.3 Å². The fraction of sp³-hybridized carbons (Fsp3) is 0.150. The molecular formula is C20H17NO2S. The zero-order chi connectivity index (χ0) is 16.4. The van der Waals surface area contributed by atoms with E-state index in [0.717, 1.165) is 22.6 Å². The second-order valence-electron chi connectivity index (χ2n) is 5.82. The summed E-state index contributed by atoms with van der Waals surface area (Å²) in [7, 11) is 0. The molecule has 1 aliphatic heterocycles. The molecule has 120 valence electrons. The number of nitrogens with one attached hydrogen (secondary N) is 1. The van der Waals surface area contributed by atoms with E-state index >= 15 is 0 Å². The molecule has 0 saturated heterocycles. The van der Waals surface area contributed by atoms with E-state index in [1.165, 1.54) is 4.88 Å². The highest BCUT2D eigenvalue weighted by Gasteiger charge is 2.29. The molecular weight excluding hydrogens is 318 g/mol. The molecule has 1 aliphatic rings. The van der Waals surface area contributed by atoms with Crippen molar-refractivity contribution in [3.8, 4) is 5.75 Å². The molecule has 4 rings (SSSR count). The van der Waals surface area contributed by atoms with Gasteiger partial charge in [-0.15, -0.1) is 11.3 Å². The molecule has 1 aromatic heterocycles. The minimum absolute atomic E-state index is 0.0562. The third-order valence-electron chi connectivity index (χ3n) is 4.21. The Hall–Kier alpha value is -2.59. The highest BCUT2D eigenvalue weighted by Crippen LogP contribution is 2.43. The van der Waals surface area contributed by atoms with Gasteiger partial charge in [0, 0.05) is 22.8 Å². The average molecular weight is 335 g/mol. The Morgan fingerprint density at radius 1 is 1.04 bits per heavy atom. The molecule has 24 heavy (non-hydrogen) atoms. The molecule has 0 spiro atoms. The van der Waals surface area contributed by atoms with Crippen LogP contribution in [0.3, 0.4) is 0 Å². The number of carbonyl (C=O) groups excluding carboxylic acids is 1. The zero-order valence-corrected chi connectivity index (χ0v) is 13.9. The minimum atomic E-state index is 0.0562. The van der Waals surface area contributed by atoms with Gasteiger partial charge in [0.25, 0.3) is 0 Å². The van der Waals surface area contributed by atoms with Gasteiger partial charge in [0.2, 0.25) is 5.91 Å². The van der Waals surface area contributed by atoms with Crippen LogP contribution in [0.1, 0.15) is 28.3 Å². The topological polar surface area (TPSA) is 38.3 Å². The second kappa shape index (κ2) is 6.49. The third-order valence-corrected chi connectivity index (χ3v) is 5.24.